The number of nitrogens with zero attached hydrogens (tertiary/aromatic N) is 4. The standard InChI is InChI=1S/C27H20F4N4O3S2/c28-20-4-6-21(7-5-20)35-23-13-18-8-10-34(40(37,38)22-3-1-2-19(12-22)27(29,30)31)16-26(18,14-17(23)15-33-35)24(36)25-32-9-11-39-25/h1-7,9,11-13,15H,8,10,14,16H2. The Morgan fingerprint density at radius 1 is 1.10 bits per heavy atom. The molecule has 2 aromatic carbocycles. The van der Waals surface area contributed by atoms with Gasteiger partial charge in [-0.05, 0) is 66.9 Å². The molecule has 1 aliphatic heterocycles. The van der Waals surface area contributed by atoms with Crippen LogP contribution in [-0.4, -0.2) is 46.4 Å². The molecule has 0 N–H and O–H groups in total. The van der Waals surface area contributed by atoms with Crippen LogP contribution in [0.3, 0.4) is 0 Å². The fourth-order valence-corrected chi connectivity index (χ4v) is 7.55. The third kappa shape index (κ3) is 4.38. The van der Waals surface area contributed by atoms with Crippen LogP contribution in [0.25, 0.3) is 11.8 Å². The third-order valence-corrected chi connectivity index (χ3v) is 9.93. The first-order valence-corrected chi connectivity index (χ1v) is 14.5. The highest BCUT2D eigenvalue weighted by Gasteiger charge is 2.51. The van der Waals surface area contributed by atoms with Crippen LogP contribution in [-0.2, 0) is 22.6 Å². The van der Waals surface area contributed by atoms with Gasteiger partial charge >= 0.3 is 6.18 Å². The Morgan fingerprint density at radius 3 is 2.58 bits per heavy atom. The van der Waals surface area contributed by atoms with E-state index in [9.17, 15) is 30.8 Å². The fraction of sp³-hybridized carbons (Fsp3) is 0.222. The highest BCUT2D eigenvalue weighted by Crippen LogP contribution is 2.47. The maximum absolute atomic E-state index is 14.0. The summed E-state index contributed by atoms with van der Waals surface area (Å²) >= 11 is 1.13. The van der Waals surface area contributed by atoms with Crippen molar-refractivity contribution in [1.29, 1.82) is 0 Å². The lowest BCUT2D eigenvalue weighted by molar-refractivity contribution is -0.137. The lowest BCUT2D eigenvalue weighted by Crippen LogP contribution is -2.53. The quantitative estimate of drug-likeness (QED) is 0.231. The van der Waals surface area contributed by atoms with Crippen LogP contribution in [0.2, 0.25) is 0 Å². The van der Waals surface area contributed by atoms with Crippen LogP contribution < -0.4 is 0 Å². The zero-order chi connectivity index (χ0) is 28.3. The van der Waals surface area contributed by atoms with Crippen LogP contribution >= 0.6 is 11.3 Å². The number of ketones is 1. The Labute approximate surface area is 230 Å². The van der Waals surface area contributed by atoms with Gasteiger partial charge < -0.3 is 0 Å². The number of sulfonamides is 1. The van der Waals surface area contributed by atoms with E-state index in [1.165, 1.54) is 18.3 Å². The Kier molecular flexibility index (Phi) is 6.28. The van der Waals surface area contributed by atoms with Crippen molar-refractivity contribution in [2.24, 2.45) is 5.41 Å². The van der Waals surface area contributed by atoms with Crippen molar-refractivity contribution in [3.8, 4) is 5.69 Å². The molecule has 7 nitrogen and oxygen atoms in total. The van der Waals surface area contributed by atoms with Crippen molar-refractivity contribution in [2.75, 3.05) is 13.1 Å². The maximum Gasteiger partial charge on any atom is 0.416 e. The van der Waals surface area contributed by atoms with E-state index in [0.717, 1.165) is 33.8 Å². The topological polar surface area (TPSA) is 85.2 Å². The summed E-state index contributed by atoms with van der Waals surface area (Å²) in [5.74, 6) is -0.761. The second-order valence-electron chi connectivity index (χ2n) is 9.65. The van der Waals surface area contributed by atoms with Crippen molar-refractivity contribution in [1.82, 2.24) is 19.1 Å². The molecule has 206 valence electrons. The van der Waals surface area contributed by atoms with Crippen molar-refractivity contribution < 1.29 is 30.8 Å². The monoisotopic (exact) mass is 588 g/mol. The summed E-state index contributed by atoms with van der Waals surface area (Å²) in [6.45, 7) is -0.297. The number of rotatable bonds is 5. The Morgan fingerprint density at radius 2 is 1.88 bits per heavy atom. The second kappa shape index (κ2) is 9.46. The number of carbonyl (C=O) groups is 1. The maximum atomic E-state index is 14.0. The Hall–Kier alpha value is -3.68. The first kappa shape index (κ1) is 26.5. The zero-order valence-electron chi connectivity index (χ0n) is 20.6. The minimum atomic E-state index is -4.71. The molecule has 0 radical (unpaired) electrons. The third-order valence-electron chi connectivity index (χ3n) is 7.31. The summed E-state index contributed by atoms with van der Waals surface area (Å²) in [6, 6.07) is 9.38. The van der Waals surface area contributed by atoms with Crippen LogP contribution in [0.1, 0.15) is 33.0 Å². The largest absolute Gasteiger partial charge is 0.416 e. The molecule has 1 saturated heterocycles. The molecule has 4 aromatic rings. The van der Waals surface area contributed by atoms with E-state index in [2.05, 4.69) is 10.1 Å². The molecule has 1 aliphatic carbocycles. The summed E-state index contributed by atoms with van der Waals surface area (Å²) in [7, 11) is -4.37. The molecular weight excluding hydrogens is 568 g/mol. The number of aromatic nitrogens is 3. The van der Waals surface area contributed by atoms with Gasteiger partial charge in [0, 0.05) is 24.7 Å². The molecule has 13 heteroatoms. The number of Topliss-reactive ketones (excluding diaryl/α,β-unsaturated/α-hetero) is 1. The number of benzene rings is 2. The van der Waals surface area contributed by atoms with Gasteiger partial charge in [-0.25, -0.2) is 22.5 Å². The van der Waals surface area contributed by atoms with E-state index in [1.807, 2.05) is 6.08 Å². The number of carbonyl (C=O) groups excluding carboxylic acids is 1. The van der Waals surface area contributed by atoms with Crippen LogP contribution in [0.4, 0.5) is 17.6 Å². The van der Waals surface area contributed by atoms with Gasteiger partial charge in [0.05, 0.1) is 33.5 Å². The summed E-state index contributed by atoms with van der Waals surface area (Å²) in [5.41, 5.74) is 0.265. The van der Waals surface area contributed by atoms with Gasteiger partial charge in [0.1, 0.15) is 5.82 Å². The van der Waals surface area contributed by atoms with Gasteiger partial charge in [-0.2, -0.15) is 22.6 Å². The molecule has 0 bridgehead atoms. The van der Waals surface area contributed by atoms with Crippen molar-refractivity contribution >= 4 is 33.2 Å². The second-order valence-corrected chi connectivity index (χ2v) is 12.5. The predicted molar refractivity (Wildman–Crippen MR) is 139 cm³/mol. The molecule has 40 heavy (non-hydrogen) atoms. The number of hydrogen-bond donors (Lipinski definition) is 0. The lowest BCUT2D eigenvalue weighted by atomic mass is 9.66. The summed E-state index contributed by atoms with van der Waals surface area (Å²) in [4.78, 5) is 17.7. The molecule has 6 rings (SSSR count). The van der Waals surface area contributed by atoms with Gasteiger partial charge in [0.25, 0.3) is 0 Å². The van der Waals surface area contributed by atoms with Gasteiger partial charge in [0.15, 0.2) is 5.01 Å². The molecule has 2 aliphatic rings. The molecule has 0 amide bonds. The van der Waals surface area contributed by atoms with E-state index in [-0.39, 0.29) is 36.7 Å². The average molecular weight is 589 g/mol. The molecular formula is C27H20F4N4O3S2. The Balaban J connectivity index is 1.42. The number of fused-ring (bicyclic) bond motifs is 2. The normalized spacial score (nSPS) is 19.6. The average Bonchev–Trinajstić information content (AvgIpc) is 3.61. The van der Waals surface area contributed by atoms with E-state index >= 15 is 0 Å². The summed E-state index contributed by atoms with van der Waals surface area (Å²) in [5, 5.41) is 6.30. The lowest BCUT2D eigenvalue weighted by Gasteiger charge is -2.44. The number of piperidine rings is 1. The van der Waals surface area contributed by atoms with E-state index < -0.39 is 37.9 Å². The minimum absolute atomic E-state index is 0.0304. The van der Waals surface area contributed by atoms with E-state index in [1.54, 1.807) is 28.4 Å². The molecule has 0 saturated carbocycles. The van der Waals surface area contributed by atoms with Crippen LogP contribution in [0.15, 0.2) is 76.8 Å². The van der Waals surface area contributed by atoms with Gasteiger partial charge in [-0.1, -0.05) is 11.6 Å². The van der Waals surface area contributed by atoms with Crippen LogP contribution in [0.5, 0.6) is 0 Å². The summed E-state index contributed by atoms with van der Waals surface area (Å²) < 4.78 is 83.5. The molecule has 1 unspecified atom stereocenters. The SMILES string of the molecule is O=C(c1nccs1)C12Cc3cnn(-c4ccc(F)cc4)c3C=C1CCN(S(=O)(=O)c1cccc(C(F)(F)F)c1)C2. The van der Waals surface area contributed by atoms with Crippen LogP contribution in [0, 0.1) is 11.2 Å². The predicted octanol–water partition coefficient (Wildman–Crippen LogP) is 5.39. The van der Waals surface area contributed by atoms with Crippen molar-refractivity contribution in [3.05, 3.63) is 99.5 Å². The van der Waals surface area contributed by atoms with Gasteiger partial charge in [-0.15, -0.1) is 11.3 Å². The smallest absolute Gasteiger partial charge is 0.290 e. The molecule has 1 atom stereocenters. The molecule has 2 aromatic heterocycles. The highest BCUT2D eigenvalue weighted by molar-refractivity contribution is 7.89. The van der Waals surface area contributed by atoms with Gasteiger partial charge in [-0.3, -0.25) is 4.79 Å². The van der Waals surface area contributed by atoms with Crippen molar-refractivity contribution in [3.63, 3.8) is 0 Å². The molecule has 0 spiro atoms. The highest BCUT2D eigenvalue weighted by atomic mass is 32.2. The number of alkyl halides is 3. The van der Waals surface area contributed by atoms with E-state index in [0.29, 0.717) is 28.6 Å². The number of thiazole rings is 1. The Bertz CT molecular complexity index is 1750. The fourth-order valence-electron chi connectivity index (χ4n) is 5.33. The molecule has 1 fully saturated rings. The van der Waals surface area contributed by atoms with Gasteiger partial charge in [0.2, 0.25) is 15.8 Å². The van der Waals surface area contributed by atoms with E-state index in [4.69, 9.17) is 0 Å². The number of hydrogen-bond acceptors (Lipinski definition) is 6. The molecule has 3 heterocycles. The summed E-state index contributed by atoms with van der Waals surface area (Å²) in [6.07, 6.45) is 0.457. The minimum Gasteiger partial charge on any atom is -0.290 e. The van der Waals surface area contributed by atoms with Crippen molar-refractivity contribution in [2.45, 2.75) is 23.9 Å². The zero-order valence-corrected chi connectivity index (χ0v) is 22.2. The first-order valence-electron chi connectivity index (χ1n) is 12.1. The number of halogens is 4. The first-order chi connectivity index (χ1) is 19.0.